The van der Waals surface area contributed by atoms with Gasteiger partial charge in [-0.15, -0.1) is 22.7 Å². The fourth-order valence-electron chi connectivity index (χ4n) is 11.4. The monoisotopic (exact) mass is 1250 g/mol. The summed E-state index contributed by atoms with van der Waals surface area (Å²) in [5.74, 6) is 10.4. The van der Waals surface area contributed by atoms with Gasteiger partial charge in [-0.2, -0.15) is 0 Å². The molecule has 4 saturated carbocycles. The van der Waals surface area contributed by atoms with E-state index in [2.05, 4.69) is 42.8 Å². The van der Waals surface area contributed by atoms with Gasteiger partial charge in [-0.1, -0.05) is 85.5 Å². The number of carbonyl (C=O) groups is 7. The van der Waals surface area contributed by atoms with Gasteiger partial charge in [0.15, 0.2) is 0 Å². The lowest BCUT2D eigenvalue weighted by Crippen LogP contribution is -2.50. The van der Waals surface area contributed by atoms with Crippen LogP contribution in [0.1, 0.15) is 256 Å². The lowest BCUT2D eigenvalue weighted by molar-refractivity contribution is -0.155. The molecule has 0 aliphatic heterocycles. The van der Waals surface area contributed by atoms with E-state index in [0.717, 1.165) is 80.5 Å². The van der Waals surface area contributed by atoms with Crippen LogP contribution in [0.5, 0.6) is 0 Å². The number of anilines is 2. The SMILES string of the molecule is C.CC[C@H](C)[C@H](N)C(=O)OC1CCC(N(C(=O)C2CCC(C)CC2)c2cc(C#CC(C)(C)C)sc2C(=O)O)CC1.CC[C@H](C)[C@H](NC(=O)OC(C)(C)C)C(=O)OC1CCC(N(C(=O)C2CCC(C)CC2)c2cc(C#CC(C)(C)C)sc2C(=O)O)CC1.F. The van der Waals surface area contributed by atoms with E-state index in [0.29, 0.717) is 90.8 Å². The van der Waals surface area contributed by atoms with Crippen LogP contribution in [-0.2, 0) is 33.4 Å². The molecule has 4 aliphatic rings. The van der Waals surface area contributed by atoms with Crippen molar-refractivity contribution >= 4 is 75.8 Å². The average molecular weight is 1250 g/mol. The van der Waals surface area contributed by atoms with Crippen LogP contribution in [0, 0.1) is 70.0 Å². The van der Waals surface area contributed by atoms with Gasteiger partial charge in [0.2, 0.25) is 11.8 Å². The van der Waals surface area contributed by atoms with Crippen LogP contribution >= 0.6 is 22.7 Å². The minimum atomic E-state index is -1.07. The number of nitrogens with two attached hydrogens (primary N) is 1. The van der Waals surface area contributed by atoms with Gasteiger partial charge < -0.3 is 45.3 Å². The van der Waals surface area contributed by atoms with Crippen molar-refractivity contribution in [3.05, 3.63) is 31.6 Å². The Morgan fingerprint density at radius 3 is 1.28 bits per heavy atom. The summed E-state index contributed by atoms with van der Waals surface area (Å²) in [6.07, 6.45) is 12.0. The van der Waals surface area contributed by atoms with Crippen LogP contribution in [0.25, 0.3) is 0 Å². The maximum absolute atomic E-state index is 14.2. The summed E-state index contributed by atoms with van der Waals surface area (Å²) < 4.78 is 17.1. The molecule has 0 unspecified atom stereocenters. The number of ether oxygens (including phenoxy) is 3. The summed E-state index contributed by atoms with van der Waals surface area (Å²) in [7, 11) is 0. The van der Waals surface area contributed by atoms with Gasteiger partial charge in [0.1, 0.15) is 39.6 Å². The van der Waals surface area contributed by atoms with Gasteiger partial charge >= 0.3 is 30.0 Å². The van der Waals surface area contributed by atoms with E-state index >= 15 is 0 Å². The second kappa shape index (κ2) is 33.4. The van der Waals surface area contributed by atoms with E-state index in [1.165, 1.54) is 0 Å². The van der Waals surface area contributed by atoms with E-state index in [1.807, 2.05) is 69.2 Å². The number of carboxylic acid groups (broad SMARTS) is 2. The maximum Gasteiger partial charge on any atom is 0.408 e. The Kier molecular flexibility index (Phi) is 29.0. The van der Waals surface area contributed by atoms with Crippen molar-refractivity contribution in [3.63, 3.8) is 0 Å². The summed E-state index contributed by atoms with van der Waals surface area (Å²) in [6, 6.07) is 1.67. The highest BCUT2D eigenvalue weighted by atomic mass is 32.1. The second-order valence-corrected chi connectivity index (χ2v) is 29.9. The third kappa shape index (κ3) is 22.8. The Morgan fingerprint density at radius 1 is 0.598 bits per heavy atom. The molecule has 19 heteroatoms. The number of nitrogens with one attached hydrogen (secondary N) is 1. The maximum atomic E-state index is 14.2. The van der Waals surface area contributed by atoms with Crippen LogP contribution in [0.4, 0.5) is 20.9 Å². The fourth-order valence-corrected chi connectivity index (χ4v) is 13.0. The first-order valence-electron chi connectivity index (χ1n) is 31.3. The second-order valence-electron chi connectivity index (χ2n) is 27.7. The zero-order chi connectivity index (χ0) is 63.3. The number of rotatable bonds is 17. The highest BCUT2D eigenvalue weighted by Gasteiger charge is 2.41. The van der Waals surface area contributed by atoms with Gasteiger partial charge in [0.25, 0.3) is 0 Å². The van der Waals surface area contributed by atoms with E-state index in [-0.39, 0.29) is 98.5 Å². The molecular weight excluding hydrogens is 1150 g/mol. The molecular formula is C68H105FN4O12S2. The molecule has 488 valence electrons. The van der Waals surface area contributed by atoms with Crippen molar-refractivity contribution in [2.75, 3.05) is 9.80 Å². The van der Waals surface area contributed by atoms with Crippen LogP contribution < -0.4 is 20.9 Å². The molecule has 2 aromatic rings. The lowest BCUT2D eigenvalue weighted by Gasteiger charge is -2.39. The predicted octanol–water partition coefficient (Wildman–Crippen LogP) is 14.8. The van der Waals surface area contributed by atoms with Crippen molar-refractivity contribution < 1.29 is 62.7 Å². The molecule has 6 rings (SSSR count). The van der Waals surface area contributed by atoms with Crippen molar-refractivity contribution in [2.24, 2.45) is 52.1 Å². The molecule has 0 bridgehead atoms. The molecule has 4 atom stereocenters. The topological polar surface area (TPSA) is 232 Å². The van der Waals surface area contributed by atoms with Gasteiger partial charge in [-0.25, -0.2) is 19.2 Å². The number of aromatic carboxylic acids is 2. The van der Waals surface area contributed by atoms with Crippen LogP contribution in [0.3, 0.4) is 0 Å². The molecule has 16 nitrogen and oxygen atoms in total. The summed E-state index contributed by atoms with van der Waals surface area (Å²) in [4.78, 5) is 96.5. The van der Waals surface area contributed by atoms with Crippen LogP contribution in [0.15, 0.2) is 12.1 Å². The highest BCUT2D eigenvalue weighted by Crippen LogP contribution is 2.42. The number of carboxylic acids is 2. The number of esters is 2. The van der Waals surface area contributed by atoms with E-state index in [4.69, 9.17) is 19.9 Å². The minimum absolute atomic E-state index is 0. The molecule has 2 heterocycles. The average Bonchev–Trinajstić information content (AvgIpc) is 1.86. The molecule has 5 N–H and O–H groups in total. The lowest BCUT2D eigenvalue weighted by atomic mass is 9.81. The Hall–Kier alpha value is -5.50. The third-order valence-corrected chi connectivity index (χ3v) is 19.0. The third-order valence-electron chi connectivity index (χ3n) is 16.9. The molecule has 4 aliphatic carbocycles. The first-order chi connectivity index (χ1) is 39.7. The minimum Gasteiger partial charge on any atom is -0.477 e. The van der Waals surface area contributed by atoms with Gasteiger partial charge in [0.05, 0.1) is 21.1 Å². The number of thiophene rings is 2. The summed E-state index contributed by atoms with van der Waals surface area (Å²) in [6.45, 7) is 29.5. The summed E-state index contributed by atoms with van der Waals surface area (Å²) >= 11 is 2.24. The quantitative estimate of drug-likeness (QED) is 0.0657. The molecule has 4 fully saturated rings. The molecule has 0 saturated heterocycles. The highest BCUT2D eigenvalue weighted by molar-refractivity contribution is 7.15. The predicted molar refractivity (Wildman–Crippen MR) is 346 cm³/mol. The first-order valence-corrected chi connectivity index (χ1v) is 32.9. The standard InChI is InChI=1S/C36H54N2O7S.C31H46N2O5S.CH4.FH/c1-10-23(3)29(37-34(43)45-36(7,8)9)33(42)44-26-17-15-25(16-18-26)38(31(39)24-13-11-22(2)12-14-24)28-21-27(19-20-35(4,5)6)46-30(28)32(40)41;1-7-20(3)26(32)30(37)38-23-14-12-22(13-15-23)33(28(34)21-10-8-19(2)9-11-21)25-18-24(16-17-31(4,5)6)39-27(25)29(35)36;;/h21-26,29H,10-18H2,1-9H3,(H,37,43)(H,40,41);18-23,26H,7-15,32H2,1-6H3,(H,35,36);1H4;1H/t22?,23-,24?,25?,26?,29-;19?,20-,21?,22?,23?,26-;;/m00../s1. The number of nitrogens with zero attached hydrogens (tertiary/aromatic N) is 2. The first kappa shape index (κ1) is 75.7. The van der Waals surface area contributed by atoms with Crippen molar-refractivity contribution in [2.45, 2.75) is 269 Å². The molecule has 0 aromatic carbocycles. The van der Waals surface area contributed by atoms with Crippen molar-refractivity contribution in [1.82, 2.24) is 5.32 Å². The van der Waals surface area contributed by atoms with Crippen molar-refractivity contribution in [1.29, 1.82) is 0 Å². The van der Waals surface area contributed by atoms with E-state index in [9.17, 15) is 43.8 Å². The Labute approximate surface area is 527 Å². The number of hydrogen-bond donors (Lipinski definition) is 4. The largest absolute Gasteiger partial charge is 0.477 e. The van der Waals surface area contributed by atoms with E-state index < -0.39 is 41.7 Å². The smallest absolute Gasteiger partial charge is 0.408 e. The number of amides is 3. The Balaban J connectivity index is 0.000000451. The Morgan fingerprint density at radius 2 is 0.954 bits per heavy atom. The zero-order valence-electron chi connectivity index (χ0n) is 54.0. The summed E-state index contributed by atoms with van der Waals surface area (Å²) in [5.41, 5.74) is 5.76. The van der Waals surface area contributed by atoms with E-state index in [1.54, 1.807) is 42.7 Å². The molecule has 87 heavy (non-hydrogen) atoms. The molecule has 2 aromatic heterocycles. The molecule has 3 amide bonds. The normalized spacial score (nSPS) is 23.5. The number of hydrogen-bond acceptors (Lipinski definition) is 13. The molecule has 0 radical (unpaired) electrons. The van der Waals surface area contributed by atoms with Crippen LogP contribution in [0.2, 0.25) is 0 Å². The Bertz CT molecular complexity index is 2750. The fraction of sp³-hybridized carbons (Fsp3) is 0.721. The number of halogens is 1. The number of carbonyl (C=O) groups excluding carboxylic acids is 5. The number of alkyl carbamates (subject to hydrolysis) is 1. The summed E-state index contributed by atoms with van der Waals surface area (Å²) in [5, 5.41) is 23.0. The van der Waals surface area contributed by atoms with Gasteiger partial charge in [-0.05, 0) is 201 Å². The van der Waals surface area contributed by atoms with Crippen LogP contribution in [-0.4, -0.2) is 94.0 Å². The zero-order valence-corrected chi connectivity index (χ0v) is 55.6. The van der Waals surface area contributed by atoms with Gasteiger partial charge in [0, 0.05) is 34.7 Å². The molecule has 0 spiro atoms. The van der Waals surface area contributed by atoms with Gasteiger partial charge in [-0.3, -0.25) is 19.1 Å². The van der Waals surface area contributed by atoms with Crippen molar-refractivity contribution in [3.8, 4) is 23.7 Å².